The fourth-order valence-corrected chi connectivity index (χ4v) is 2.56. The molecule has 0 amide bonds. The zero-order valence-corrected chi connectivity index (χ0v) is 12.6. The molecule has 0 spiro atoms. The summed E-state index contributed by atoms with van der Waals surface area (Å²) in [6.07, 6.45) is 3.82. The minimum absolute atomic E-state index is 0.779. The molecule has 0 fully saturated rings. The molecule has 0 bridgehead atoms. The molecule has 3 aromatic rings. The molecule has 0 aliphatic heterocycles. The molecule has 21 heavy (non-hydrogen) atoms. The predicted molar refractivity (Wildman–Crippen MR) is 88.9 cm³/mol. The van der Waals surface area contributed by atoms with Crippen LogP contribution < -0.4 is 10.2 Å². The highest BCUT2D eigenvalue weighted by Crippen LogP contribution is 2.23. The first kappa shape index (κ1) is 13.5. The Morgan fingerprint density at radius 2 is 2.10 bits per heavy atom. The van der Waals surface area contributed by atoms with E-state index in [4.69, 9.17) is 0 Å². The summed E-state index contributed by atoms with van der Waals surface area (Å²) in [5, 5.41) is 4.66. The molecule has 4 nitrogen and oxygen atoms in total. The number of aryl methyl sites for hydroxylation is 1. The van der Waals surface area contributed by atoms with Crippen molar-refractivity contribution in [3.05, 3.63) is 53.9 Å². The Hall–Kier alpha value is -2.49. The lowest BCUT2D eigenvalue weighted by molar-refractivity contribution is 1.11. The third kappa shape index (κ3) is 2.70. The van der Waals surface area contributed by atoms with Gasteiger partial charge < -0.3 is 15.2 Å². The van der Waals surface area contributed by atoms with Gasteiger partial charge in [-0.2, -0.15) is 0 Å². The zero-order chi connectivity index (χ0) is 14.8. The summed E-state index contributed by atoms with van der Waals surface area (Å²) in [6, 6.07) is 10.5. The maximum absolute atomic E-state index is 4.32. The molecule has 3 rings (SSSR count). The van der Waals surface area contributed by atoms with Crippen LogP contribution in [0, 0.1) is 6.92 Å². The molecular weight excluding hydrogens is 260 g/mol. The molecule has 108 valence electrons. The minimum atomic E-state index is 0.779. The second kappa shape index (κ2) is 5.48. The lowest BCUT2D eigenvalue weighted by atomic mass is 10.1. The van der Waals surface area contributed by atoms with Crippen LogP contribution in [0.15, 0.2) is 42.7 Å². The van der Waals surface area contributed by atoms with Gasteiger partial charge in [0, 0.05) is 49.8 Å². The van der Waals surface area contributed by atoms with Crippen LogP contribution in [0.2, 0.25) is 0 Å². The number of H-pyrrole nitrogens is 1. The van der Waals surface area contributed by atoms with Gasteiger partial charge in [-0.1, -0.05) is 6.07 Å². The number of aromatic amines is 1. The largest absolute Gasteiger partial charge is 0.381 e. The van der Waals surface area contributed by atoms with Crippen molar-refractivity contribution in [1.82, 2.24) is 9.97 Å². The molecular formula is C17H20N4. The van der Waals surface area contributed by atoms with E-state index in [1.54, 1.807) is 6.20 Å². The van der Waals surface area contributed by atoms with E-state index in [0.717, 1.165) is 17.9 Å². The molecule has 0 aliphatic rings. The highest BCUT2D eigenvalue weighted by Gasteiger charge is 2.05. The van der Waals surface area contributed by atoms with Crippen LogP contribution in [0.5, 0.6) is 0 Å². The van der Waals surface area contributed by atoms with Crippen LogP contribution in [0.4, 0.5) is 11.4 Å². The van der Waals surface area contributed by atoms with E-state index in [1.807, 2.05) is 12.3 Å². The predicted octanol–water partition coefficient (Wildman–Crippen LogP) is 3.55. The van der Waals surface area contributed by atoms with E-state index in [2.05, 4.69) is 65.5 Å². The molecule has 0 saturated carbocycles. The van der Waals surface area contributed by atoms with Gasteiger partial charge in [-0.25, -0.2) is 4.98 Å². The fraction of sp³-hybridized carbons (Fsp3) is 0.235. The monoisotopic (exact) mass is 280 g/mol. The van der Waals surface area contributed by atoms with Gasteiger partial charge in [0.1, 0.15) is 5.65 Å². The Bertz CT molecular complexity index is 758. The van der Waals surface area contributed by atoms with E-state index in [0.29, 0.717) is 0 Å². The standard InChI is InChI=1S/C17H20N4/c1-12-6-7-14(9-16(12)21(2)3)19-10-13-11-20-17-15(13)5-4-8-18-17/h4-9,11,19H,10H2,1-3H3,(H,18,20). The molecule has 0 atom stereocenters. The highest BCUT2D eigenvalue weighted by atomic mass is 15.1. The van der Waals surface area contributed by atoms with Gasteiger partial charge in [0.15, 0.2) is 0 Å². The van der Waals surface area contributed by atoms with E-state index in [-0.39, 0.29) is 0 Å². The van der Waals surface area contributed by atoms with Crippen LogP contribution in [-0.2, 0) is 6.54 Å². The Morgan fingerprint density at radius 1 is 1.24 bits per heavy atom. The number of benzene rings is 1. The number of anilines is 2. The highest BCUT2D eigenvalue weighted by molar-refractivity contribution is 5.79. The lowest BCUT2D eigenvalue weighted by Gasteiger charge is -2.17. The van der Waals surface area contributed by atoms with Crippen molar-refractivity contribution in [2.45, 2.75) is 13.5 Å². The summed E-state index contributed by atoms with van der Waals surface area (Å²) in [4.78, 5) is 9.65. The van der Waals surface area contributed by atoms with E-state index in [9.17, 15) is 0 Å². The van der Waals surface area contributed by atoms with Crippen molar-refractivity contribution in [3.63, 3.8) is 0 Å². The first-order chi connectivity index (χ1) is 10.1. The summed E-state index contributed by atoms with van der Waals surface area (Å²) in [5.41, 5.74) is 5.81. The lowest BCUT2D eigenvalue weighted by Crippen LogP contribution is -2.10. The van der Waals surface area contributed by atoms with Crippen molar-refractivity contribution in [3.8, 4) is 0 Å². The van der Waals surface area contributed by atoms with Gasteiger partial charge in [-0.05, 0) is 42.3 Å². The van der Waals surface area contributed by atoms with Gasteiger partial charge in [0.2, 0.25) is 0 Å². The van der Waals surface area contributed by atoms with Crippen molar-refractivity contribution in [2.24, 2.45) is 0 Å². The number of nitrogens with one attached hydrogen (secondary N) is 2. The third-order valence-corrected chi connectivity index (χ3v) is 3.71. The number of aromatic nitrogens is 2. The Morgan fingerprint density at radius 3 is 2.90 bits per heavy atom. The normalized spacial score (nSPS) is 10.8. The zero-order valence-electron chi connectivity index (χ0n) is 12.6. The number of fused-ring (bicyclic) bond motifs is 1. The van der Waals surface area contributed by atoms with Crippen LogP contribution in [0.25, 0.3) is 11.0 Å². The molecule has 1 aromatic carbocycles. The quantitative estimate of drug-likeness (QED) is 0.768. The van der Waals surface area contributed by atoms with Crippen molar-refractivity contribution in [2.75, 3.05) is 24.3 Å². The van der Waals surface area contributed by atoms with Crippen LogP contribution >= 0.6 is 0 Å². The molecule has 0 aliphatic carbocycles. The number of hydrogen-bond acceptors (Lipinski definition) is 3. The summed E-state index contributed by atoms with van der Waals surface area (Å²) in [5.74, 6) is 0. The summed E-state index contributed by atoms with van der Waals surface area (Å²) in [6.45, 7) is 2.91. The first-order valence-electron chi connectivity index (χ1n) is 7.08. The van der Waals surface area contributed by atoms with E-state index >= 15 is 0 Å². The number of rotatable bonds is 4. The minimum Gasteiger partial charge on any atom is -0.381 e. The van der Waals surface area contributed by atoms with Gasteiger partial charge in [-0.3, -0.25) is 0 Å². The van der Waals surface area contributed by atoms with Gasteiger partial charge in [0.25, 0.3) is 0 Å². The molecule has 2 N–H and O–H groups in total. The molecule has 0 saturated heterocycles. The van der Waals surface area contributed by atoms with E-state index in [1.165, 1.54) is 22.2 Å². The second-order valence-electron chi connectivity index (χ2n) is 5.46. The molecule has 2 heterocycles. The number of nitrogens with zero attached hydrogens (tertiary/aromatic N) is 2. The number of pyridine rings is 1. The van der Waals surface area contributed by atoms with Gasteiger partial charge >= 0.3 is 0 Å². The maximum atomic E-state index is 4.32. The van der Waals surface area contributed by atoms with Crippen LogP contribution in [0.3, 0.4) is 0 Å². The van der Waals surface area contributed by atoms with Crippen molar-refractivity contribution in [1.29, 1.82) is 0 Å². The topological polar surface area (TPSA) is 44.0 Å². The summed E-state index contributed by atoms with van der Waals surface area (Å²) >= 11 is 0. The molecule has 0 unspecified atom stereocenters. The molecule has 0 radical (unpaired) electrons. The van der Waals surface area contributed by atoms with Crippen molar-refractivity contribution < 1.29 is 0 Å². The maximum Gasteiger partial charge on any atom is 0.137 e. The Kier molecular flexibility index (Phi) is 3.52. The van der Waals surface area contributed by atoms with Crippen LogP contribution in [-0.4, -0.2) is 24.1 Å². The van der Waals surface area contributed by atoms with Gasteiger partial charge in [0.05, 0.1) is 0 Å². The fourth-order valence-electron chi connectivity index (χ4n) is 2.56. The van der Waals surface area contributed by atoms with Crippen LogP contribution in [0.1, 0.15) is 11.1 Å². The first-order valence-corrected chi connectivity index (χ1v) is 7.08. The Balaban J connectivity index is 1.80. The average molecular weight is 280 g/mol. The van der Waals surface area contributed by atoms with E-state index < -0.39 is 0 Å². The SMILES string of the molecule is Cc1ccc(NCc2c[nH]c3ncccc23)cc1N(C)C. The van der Waals surface area contributed by atoms with Gasteiger partial charge in [-0.15, -0.1) is 0 Å². The second-order valence-corrected chi connectivity index (χ2v) is 5.46. The average Bonchev–Trinajstić information content (AvgIpc) is 2.89. The smallest absolute Gasteiger partial charge is 0.137 e. The molecule has 4 heteroatoms. The number of hydrogen-bond donors (Lipinski definition) is 2. The Labute approximate surface area is 124 Å². The van der Waals surface area contributed by atoms with Crippen molar-refractivity contribution >= 4 is 22.4 Å². The molecule has 2 aromatic heterocycles. The summed E-state index contributed by atoms with van der Waals surface area (Å²) in [7, 11) is 4.13. The summed E-state index contributed by atoms with van der Waals surface area (Å²) < 4.78 is 0. The third-order valence-electron chi connectivity index (χ3n) is 3.71.